The van der Waals surface area contributed by atoms with E-state index in [0.29, 0.717) is 18.5 Å². The Hall–Kier alpha value is -2.95. The van der Waals surface area contributed by atoms with E-state index in [4.69, 9.17) is 0 Å². The van der Waals surface area contributed by atoms with E-state index in [1.54, 1.807) is 6.07 Å². The highest BCUT2D eigenvalue weighted by molar-refractivity contribution is 5.98. The van der Waals surface area contributed by atoms with Crippen molar-refractivity contribution in [2.75, 3.05) is 32.8 Å². The van der Waals surface area contributed by atoms with Crippen molar-refractivity contribution in [3.05, 3.63) is 34.9 Å². The zero-order valence-electron chi connectivity index (χ0n) is 18.0. The van der Waals surface area contributed by atoms with Crippen molar-refractivity contribution in [2.45, 2.75) is 44.3 Å². The number of ether oxygens (including phenoxy) is 1. The molecule has 2 aliphatic rings. The summed E-state index contributed by atoms with van der Waals surface area (Å²) >= 11 is 0. The summed E-state index contributed by atoms with van der Waals surface area (Å²) in [5.41, 5.74) is 2.96. The van der Waals surface area contributed by atoms with Crippen LogP contribution >= 0.6 is 0 Å². The largest absolute Gasteiger partial charge is 0.490 e. The zero-order chi connectivity index (χ0) is 24.0. The van der Waals surface area contributed by atoms with Gasteiger partial charge in [-0.2, -0.15) is 13.2 Å². The van der Waals surface area contributed by atoms with E-state index in [1.807, 2.05) is 12.1 Å². The first-order valence-corrected chi connectivity index (χ1v) is 10.8. The van der Waals surface area contributed by atoms with Gasteiger partial charge in [0.25, 0.3) is 5.91 Å². The molecule has 1 fully saturated rings. The molecule has 2 heterocycles. The number of hydrogen-bond donors (Lipinski definition) is 2. The predicted molar refractivity (Wildman–Crippen MR) is 110 cm³/mol. The second kappa shape index (κ2) is 10.8. The van der Waals surface area contributed by atoms with Crippen LogP contribution in [0.5, 0.6) is 0 Å². The quantitative estimate of drug-likeness (QED) is 0.459. The summed E-state index contributed by atoms with van der Waals surface area (Å²) in [7, 11) is 0. The number of carbonyl (C=O) groups is 4. The average molecular weight is 469 g/mol. The second-order valence-corrected chi connectivity index (χ2v) is 8.12. The van der Waals surface area contributed by atoms with E-state index in [-0.39, 0.29) is 31.1 Å². The van der Waals surface area contributed by atoms with Crippen LogP contribution in [-0.4, -0.2) is 73.5 Å². The molecule has 1 saturated heterocycles. The molecule has 2 N–H and O–H groups in total. The van der Waals surface area contributed by atoms with Gasteiger partial charge in [-0.3, -0.25) is 14.4 Å². The van der Waals surface area contributed by atoms with Crippen LogP contribution in [0.2, 0.25) is 0 Å². The smallest absolute Gasteiger partial charge is 0.449 e. The Balaban J connectivity index is 1.41. The monoisotopic (exact) mass is 469 g/mol. The second-order valence-electron chi connectivity index (χ2n) is 8.12. The molecule has 0 spiro atoms. The van der Waals surface area contributed by atoms with E-state index in [0.717, 1.165) is 31.5 Å². The van der Waals surface area contributed by atoms with Crippen molar-refractivity contribution in [3.63, 3.8) is 0 Å². The van der Waals surface area contributed by atoms with Crippen molar-refractivity contribution in [2.24, 2.45) is 0 Å². The number of carbonyl (C=O) groups excluding carboxylic acids is 4. The first kappa shape index (κ1) is 24.7. The normalized spacial score (nSPS) is 18.3. The lowest BCUT2D eigenvalue weighted by Crippen LogP contribution is -2.41. The molecule has 33 heavy (non-hydrogen) atoms. The minimum absolute atomic E-state index is 0.0291. The van der Waals surface area contributed by atoms with Gasteiger partial charge in [-0.25, -0.2) is 4.79 Å². The molecule has 0 radical (unpaired) electrons. The predicted octanol–water partition coefficient (Wildman–Crippen LogP) is 1.16. The zero-order valence-corrected chi connectivity index (χ0v) is 18.0. The molecular formula is C22H26F3N3O5. The number of halogens is 3. The van der Waals surface area contributed by atoms with Crippen LogP contribution in [0.4, 0.5) is 13.2 Å². The van der Waals surface area contributed by atoms with Crippen LogP contribution < -0.4 is 10.6 Å². The fourth-order valence-corrected chi connectivity index (χ4v) is 3.96. The van der Waals surface area contributed by atoms with E-state index < -0.39 is 30.7 Å². The Bertz CT molecular complexity index is 919. The van der Waals surface area contributed by atoms with Crippen molar-refractivity contribution >= 4 is 23.6 Å². The van der Waals surface area contributed by atoms with Crippen molar-refractivity contribution < 1.29 is 37.1 Å². The van der Waals surface area contributed by atoms with Gasteiger partial charge in [-0.15, -0.1) is 0 Å². The lowest BCUT2D eigenvalue weighted by atomic mass is 9.97. The first-order valence-electron chi connectivity index (χ1n) is 10.8. The SMILES string of the molecule is O=C(COC(=O)C(F)(F)F)NC1CCN(C(=O)CCC(=O)c2ccc3c(c2)CCNCC3)C1. The van der Waals surface area contributed by atoms with Gasteiger partial charge in [-0.05, 0) is 49.5 Å². The van der Waals surface area contributed by atoms with Crippen LogP contribution in [0.3, 0.4) is 0 Å². The van der Waals surface area contributed by atoms with E-state index in [2.05, 4.69) is 15.4 Å². The van der Waals surface area contributed by atoms with Crippen LogP contribution in [0, 0.1) is 0 Å². The van der Waals surface area contributed by atoms with Gasteiger partial charge >= 0.3 is 12.1 Å². The van der Waals surface area contributed by atoms with Gasteiger partial charge < -0.3 is 20.3 Å². The number of rotatable bonds is 7. The molecule has 1 aromatic carbocycles. The van der Waals surface area contributed by atoms with Crippen molar-refractivity contribution in [1.82, 2.24) is 15.5 Å². The maximum absolute atomic E-state index is 12.6. The molecule has 2 amide bonds. The number of ketones is 1. The maximum atomic E-state index is 12.6. The number of benzene rings is 1. The van der Waals surface area contributed by atoms with E-state index >= 15 is 0 Å². The lowest BCUT2D eigenvalue weighted by Gasteiger charge is -2.17. The summed E-state index contributed by atoms with van der Waals surface area (Å²) in [6.07, 6.45) is -2.88. The highest BCUT2D eigenvalue weighted by Crippen LogP contribution is 2.19. The molecule has 0 aliphatic carbocycles. The molecule has 3 rings (SSSR count). The molecule has 0 saturated carbocycles. The number of Topliss-reactive ketones (excluding diaryl/α,β-unsaturated/α-hetero) is 1. The van der Waals surface area contributed by atoms with Crippen molar-refractivity contribution in [3.8, 4) is 0 Å². The number of esters is 1. The lowest BCUT2D eigenvalue weighted by molar-refractivity contribution is -0.200. The maximum Gasteiger partial charge on any atom is 0.490 e. The van der Waals surface area contributed by atoms with E-state index in [9.17, 15) is 32.3 Å². The molecule has 8 nitrogen and oxygen atoms in total. The van der Waals surface area contributed by atoms with Crippen LogP contribution in [-0.2, 0) is 32.0 Å². The fourth-order valence-electron chi connectivity index (χ4n) is 3.96. The van der Waals surface area contributed by atoms with Crippen LogP contribution in [0.25, 0.3) is 0 Å². The fraction of sp³-hybridized carbons (Fsp3) is 0.545. The molecule has 0 bridgehead atoms. The summed E-state index contributed by atoms with van der Waals surface area (Å²) in [6, 6.07) is 5.21. The molecule has 0 aromatic heterocycles. The third-order valence-electron chi connectivity index (χ3n) is 5.71. The standard InChI is InChI=1S/C22H26F3N3O5/c23-22(24,25)21(32)33-13-19(30)27-17-7-10-28(12-17)20(31)4-3-18(29)16-2-1-14-5-8-26-9-6-15(14)11-16/h1-2,11,17,26H,3-10,12-13H2,(H,27,30). The summed E-state index contributed by atoms with van der Waals surface area (Å²) in [5.74, 6) is -3.65. The third kappa shape index (κ3) is 7.01. The Morgan fingerprint density at radius 1 is 1.09 bits per heavy atom. The van der Waals surface area contributed by atoms with Crippen LogP contribution in [0.1, 0.15) is 40.7 Å². The Morgan fingerprint density at radius 3 is 2.55 bits per heavy atom. The number of hydrogen-bond acceptors (Lipinski definition) is 6. The Labute approximate surface area is 188 Å². The average Bonchev–Trinajstić information content (AvgIpc) is 3.10. The molecule has 1 atom stereocenters. The van der Waals surface area contributed by atoms with Gasteiger partial charge in [0.15, 0.2) is 12.4 Å². The summed E-state index contributed by atoms with van der Waals surface area (Å²) in [5, 5.41) is 5.76. The summed E-state index contributed by atoms with van der Waals surface area (Å²) < 4.78 is 40.2. The molecule has 180 valence electrons. The third-order valence-corrected chi connectivity index (χ3v) is 5.71. The minimum Gasteiger partial charge on any atom is -0.449 e. The van der Waals surface area contributed by atoms with Crippen LogP contribution in [0.15, 0.2) is 18.2 Å². The first-order chi connectivity index (χ1) is 15.6. The highest BCUT2D eigenvalue weighted by Gasteiger charge is 2.41. The Kier molecular flexibility index (Phi) is 8.06. The number of nitrogens with one attached hydrogen (secondary N) is 2. The summed E-state index contributed by atoms with van der Waals surface area (Å²) in [4.78, 5) is 48.9. The molecule has 2 aliphatic heterocycles. The molecular weight excluding hydrogens is 443 g/mol. The number of fused-ring (bicyclic) bond motifs is 1. The minimum atomic E-state index is -5.16. The number of likely N-dealkylation sites (tertiary alicyclic amines) is 1. The Morgan fingerprint density at radius 2 is 1.82 bits per heavy atom. The van der Waals surface area contributed by atoms with Crippen molar-refractivity contribution in [1.29, 1.82) is 0 Å². The molecule has 1 unspecified atom stereocenters. The number of amides is 2. The van der Waals surface area contributed by atoms with Gasteiger partial charge in [0.1, 0.15) is 0 Å². The number of alkyl halides is 3. The molecule has 1 aromatic rings. The van der Waals surface area contributed by atoms with Gasteiger partial charge in [0.2, 0.25) is 5.91 Å². The topological polar surface area (TPSA) is 105 Å². The summed E-state index contributed by atoms with van der Waals surface area (Å²) in [6.45, 7) is 1.25. The van der Waals surface area contributed by atoms with E-state index in [1.165, 1.54) is 10.5 Å². The highest BCUT2D eigenvalue weighted by atomic mass is 19.4. The number of nitrogens with zero attached hydrogens (tertiary/aromatic N) is 1. The van der Waals surface area contributed by atoms with Gasteiger partial charge in [0, 0.05) is 37.5 Å². The molecule has 11 heteroatoms. The van der Waals surface area contributed by atoms with Gasteiger partial charge in [-0.1, -0.05) is 12.1 Å². The van der Waals surface area contributed by atoms with Gasteiger partial charge in [0.05, 0.1) is 0 Å².